The van der Waals surface area contributed by atoms with E-state index in [1.54, 1.807) is 0 Å². The van der Waals surface area contributed by atoms with Crippen LogP contribution < -0.4 is 5.32 Å². The fourth-order valence-electron chi connectivity index (χ4n) is 0.779. The zero-order valence-corrected chi connectivity index (χ0v) is 7.71. The van der Waals surface area contributed by atoms with Gasteiger partial charge in [-0.2, -0.15) is 0 Å². The second-order valence-electron chi connectivity index (χ2n) is 2.50. The number of ether oxygens (including phenoxy) is 1. The summed E-state index contributed by atoms with van der Waals surface area (Å²) in [5.74, 6) is -0.465. The normalized spacial score (nSPS) is 9.38. The van der Waals surface area contributed by atoms with Crippen molar-refractivity contribution in [2.45, 2.75) is 19.3 Å². The van der Waals surface area contributed by atoms with E-state index in [4.69, 9.17) is 5.11 Å². The Hall–Kier alpha value is -1.10. The van der Waals surface area contributed by atoms with E-state index in [1.165, 1.54) is 7.11 Å². The number of methoxy groups -OCH3 is 1. The van der Waals surface area contributed by atoms with Gasteiger partial charge in [0.1, 0.15) is 0 Å². The highest BCUT2D eigenvalue weighted by Crippen LogP contribution is 1.96. The van der Waals surface area contributed by atoms with E-state index in [-0.39, 0.29) is 37.9 Å². The smallest absolute Gasteiger partial charge is 0.305 e. The van der Waals surface area contributed by atoms with Gasteiger partial charge in [-0.3, -0.25) is 9.59 Å². The molecular weight excluding hydrogens is 174 g/mol. The average Bonchev–Trinajstić information content (AvgIpc) is 2.14. The van der Waals surface area contributed by atoms with Crippen molar-refractivity contribution in [1.82, 2.24) is 5.32 Å². The number of amides is 1. The van der Waals surface area contributed by atoms with Crippen LogP contribution in [0, 0.1) is 0 Å². The fourth-order valence-corrected chi connectivity index (χ4v) is 0.779. The Morgan fingerprint density at radius 2 is 2.08 bits per heavy atom. The van der Waals surface area contributed by atoms with E-state index in [1.807, 2.05) is 0 Å². The first-order chi connectivity index (χ1) is 6.20. The zero-order chi connectivity index (χ0) is 10.1. The van der Waals surface area contributed by atoms with Crippen molar-refractivity contribution < 1.29 is 19.4 Å². The van der Waals surface area contributed by atoms with Gasteiger partial charge in [-0.15, -0.1) is 0 Å². The molecule has 0 saturated heterocycles. The SMILES string of the molecule is COC(=O)CCCC(=O)NCCO. The Morgan fingerprint density at radius 3 is 2.62 bits per heavy atom. The van der Waals surface area contributed by atoms with Crippen LogP contribution in [0.25, 0.3) is 0 Å². The quantitative estimate of drug-likeness (QED) is 0.549. The third kappa shape index (κ3) is 7.27. The summed E-state index contributed by atoms with van der Waals surface area (Å²) in [6.45, 7) is 0.194. The number of aliphatic hydroxyl groups is 1. The Morgan fingerprint density at radius 1 is 1.38 bits per heavy atom. The van der Waals surface area contributed by atoms with Gasteiger partial charge in [0.05, 0.1) is 13.7 Å². The van der Waals surface area contributed by atoms with Crippen molar-refractivity contribution in [3.05, 3.63) is 0 Å². The van der Waals surface area contributed by atoms with Crippen LogP contribution in [0.2, 0.25) is 0 Å². The van der Waals surface area contributed by atoms with Crippen molar-refractivity contribution in [3.63, 3.8) is 0 Å². The minimum absolute atomic E-state index is 0.0667. The number of carbonyl (C=O) groups excluding carboxylic acids is 2. The second-order valence-corrected chi connectivity index (χ2v) is 2.50. The van der Waals surface area contributed by atoms with E-state index < -0.39 is 0 Å². The van der Waals surface area contributed by atoms with Gasteiger partial charge in [-0.25, -0.2) is 0 Å². The summed E-state index contributed by atoms with van der Waals surface area (Å²) in [5.41, 5.74) is 0. The van der Waals surface area contributed by atoms with E-state index >= 15 is 0 Å². The molecule has 0 spiro atoms. The molecule has 0 saturated carbocycles. The molecule has 5 heteroatoms. The van der Waals surface area contributed by atoms with Gasteiger partial charge in [-0.1, -0.05) is 0 Å². The molecule has 0 aromatic carbocycles. The van der Waals surface area contributed by atoms with Gasteiger partial charge >= 0.3 is 5.97 Å². The number of nitrogens with one attached hydrogen (secondary N) is 1. The first-order valence-corrected chi connectivity index (χ1v) is 4.15. The van der Waals surface area contributed by atoms with Crippen molar-refractivity contribution >= 4 is 11.9 Å². The van der Waals surface area contributed by atoms with Crippen molar-refractivity contribution in [2.24, 2.45) is 0 Å². The molecule has 0 radical (unpaired) electrons. The van der Waals surface area contributed by atoms with E-state index in [2.05, 4.69) is 10.1 Å². The minimum Gasteiger partial charge on any atom is -0.469 e. The molecule has 0 aromatic heterocycles. The largest absolute Gasteiger partial charge is 0.469 e. The molecule has 0 unspecified atom stereocenters. The van der Waals surface area contributed by atoms with Gasteiger partial charge < -0.3 is 15.2 Å². The Labute approximate surface area is 77.1 Å². The summed E-state index contributed by atoms with van der Waals surface area (Å²) in [6, 6.07) is 0. The maximum Gasteiger partial charge on any atom is 0.305 e. The van der Waals surface area contributed by atoms with Crippen LogP contribution in [0.15, 0.2) is 0 Å². The molecule has 0 aliphatic carbocycles. The predicted molar refractivity (Wildman–Crippen MR) is 46.0 cm³/mol. The predicted octanol–water partition coefficient (Wildman–Crippen LogP) is -0.562. The molecule has 0 aliphatic heterocycles. The van der Waals surface area contributed by atoms with Crippen LogP contribution >= 0.6 is 0 Å². The third-order valence-corrected chi connectivity index (χ3v) is 1.45. The number of aliphatic hydroxyl groups excluding tert-OH is 1. The molecule has 0 atom stereocenters. The highest BCUT2D eigenvalue weighted by molar-refractivity contribution is 5.76. The third-order valence-electron chi connectivity index (χ3n) is 1.45. The maximum atomic E-state index is 10.9. The zero-order valence-electron chi connectivity index (χ0n) is 7.71. The van der Waals surface area contributed by atoms with Crippen molar-refractivity contribution in [1.29, 1.82) is 0 Å². The molecule has 76 valence electrons. The lowest BCUT2D eigenvalue weighted by Crippen LogP contribution is -2.26. The van der Waals surface area contributed by atoms with Crippen LogP contribution in [0.4, 0.5) is 0 Å². The monoisotopic (exact) mass is 189 g/mol. The van der Waals surface area contributed by atoms with Crippen LogP contribution in [0.3, 0.4) is 0 Å². The summed E-state index contributed by atoms with van der Waals surface area (Å²) in [5, 5.41) is 10.9. The molecule has 1 amide bonds. The Kier molecular flexibility index (Phi) is 6.91. The second kappa shape index (κ2) is 7.54. The van der Waals surface area contributed by atoms with E-state index in [0.717, 1.165) is 0 Å². The number of carbonyl (C=O) groups is 2. The minimum atomic E-state index is -0.310. The van der Waals surface area contributed by atoms with Gasteiger partial charge in [0.2, 0.25) is 5.91 Å². The average molecular weight is 189 g/mol. The van der Waals surface area contributed by atoms with Gasteiger partial charge in [-0.05, 0) is 6.42 Å². The summed E-state index contributed by atoms with van der Waals surface area (Å²) < 4.78 is 4.40. The standard InChI is InChI=1S/C8H15NO4/c1-13-8(12)4-2-3-7(11)9-5-6-10/h10H,2-6H2,1H3,(H,9,11). The number of rotatable bonds is 6. The lowest BCUT2D eigenvalue weighted by atomic mass is 10.2. The highest BCUT2D eigenvalue weighted by atomic mass is 16.5. The lowest BCUT2D eigenvalue weighted by Gasteiger charge is -2.01. The molecule has 13 heavy (non-hydrogen) atoms. The summed E-state index contributed by atoms with van der Waals surface area (Å²) in [6.07, 6.45) is 1.02. The Bertz CT molecular complexity index is 170. The molecule has 5 nitrogen and oxygen atoms in total. The topological polar surface area (TPSA) is 75.6 Å². The number of esters is 1. The Balaban J connectivity index is 3.31. The number of hydrogen-bond acceptors (Lipinski definition) is 4. The van der Waals surface area contributed by atoms with Crippen LogP contribution in [0.5, 0.6) is 0 Å². The highest BCUT2D eigenvalue weighted by Gasteiger charge is 2.03. The molecule has 0 aliphatic rings. The fraction of sp³-hybridized carbons (Fsp3) is 0.750. The first-order valence-electron chi connectivity index (χ1n) is 4.15. The van der Waals surface area contributed by atoms with E-state index in [0.29, 0.717) is 6.42 Å². The van der Waals surface area contributed by atoms with Crippen molar-refractivity contribution in [2.75, 3.05) is 20.3 Å². The molecule has 0 bridgehead atoms. The molecule has 0 fully saturated rings. The van der Waals surface area contributed by atoms with E-state index in [9.17, 15) is 9.59 Å². The number of hydrogen-bond donors (Lipinski definition) is 2. The molecule has 0 heterocycles. The van der Waals surface area contributed by atoms with Crippen LogP contribution in [0.1, 0.15) is 19.3 Å². The van der Waals surface area contributed by atoms with Crippen LogP contribution in [-0.2, 0) is 14.3 Å². The lowest BCUT2D eigenvalue weighted by molar-refractivity contribution is -0.140. The van der Waals surface area contributed by atoms with Gasteiger partial charge in [0.25, 0.3) is 0 Å². The van der Waals surface area contributed by atoms with Crippen molar-refractivity contribution in [3.8, 4) is 0 Å². The molecule has 0 aromatic rings. The molecular formula is C8H15NO4. The van der Waals surface area contributed by atoms with Crippen LogP contribution in [-0.4, -0.2) is 37.2 Å². The summed E-state index contributed by atoms with van der Waals surface area (Å²) >= 11 is 0. The maximum absolute atomic E-state index is 10.9. The summed E-state index contributed by atoms with van der Waals surface area (Å²) in [4.78, 5) is 21.5. The first kappa shape index (κ1) is 11.9. The molecule has 0 rings (SSSR count). The van der Waals surface area contributed by atoms with Gasteiger partial charge in [0.15, 0.2) is 0 Å². The van der Waals surface area contributed by atoms with Gasteiger partial charge in [0, 0.05) is 19.4 Å². The molecule has 2 N–H and O–H groups in total. The summed E-state index contributed by atoms with van der Waals surface area (Å²) in [7, 11) is 1.31.